The summed E-state index contributed by atoms with van der Waals surface area (Å²) in [7, 11) is 0. The number of hydrogen-bond acceptors (Lipinski definition) is 4. The minimum atomic E-state index is -1.18. The van der Waals surface area contributed by atoms with Crippen molar-refractivity contribution in [2.24, 2.45) is 0 Å². The predicted molar refractivity (Wildman–Crippen MR) is 138 cm³/mol. The fraction of sp³-hybridized carbons (Fsp3) is 0.250. The lowest BCUT2D eigenvalue weighted by Crippen LogP contribution is -2.51. The van der Waals surface area contributed by atoms with E-state index in [1.165, 1.54) is 0 Å². The highest BCUT2D eigenvalue weighted by atomic mass is 35.5. The Labute approximate surface area is 204 Å². The monoisotopic (exact) mass is 473 g/mol. The zero-order valence-corrected chi connectivity index (χ0v) is 19.9. The maximum atomic E-state index is 13.5. The summed E-state index contributed by atoms with van der Waals surface area (Å²) in [6.45, 7) is 5.07. The van der Waals surface area contributed by atoms with Gasteiger partial charge in [-0.2, -0.15) is 0 Å². The Hall–Kier alpha value is -3.12. The second-order valence-electron chi connectivity index (χ2n) is 8.92. The molecule has 0 saturated carbocycles. The minimum absolute atomic E-state index is 0.264. The van der Waals surface area contributed by atoms with Crippen molar-refractivity contribution in [1.82, 2.24) is 9.88 Å². The lowest BCUT2D eigenvalue weighted by Gasteiger charge is -2.41. The van der Waals surface area contributed by atoms with Crippen LogP contribution < -0.4 is 4.90 Å². The van der Waals surface area contributed by atoms with Gasteiger partial charge in [-0.05, 0) is 36.8 Å². The number of nitrogens with zero attached hydrogens (tertiary/aromatic N) is 2. The number of fused-ring (bicyclic) bond motifs is 1. The Bertz CT molecular complexity index is 1290. The van der Waals surface area contributed by atoms with E-state index >= 15 is 0 Å². The number of aromatic nitrogens is 1. The van der Waals surface area contributed by atoms with Crippen molar-refractivity contribution in [3.8, 4) is 0 Å². The summed E-state index contributed by atoms with van der Waals surface area (Å²) >= 11 is 6.19. The van der Waals surface area contributed by atoms with Crippen molar-refractivity contribution in [3.05, 3.63) is 101 Å². The molecule has 0 bridgehead atoms. The number of benzene rings is 3. The van der Waals surface area contributed by atoms with Crippen molar-refractivity contribution >= 4 is 34.0 Å². The average Bonchev–Trinajstić information content (AvgIpc) is 3.29. The molecule has 4 aromatic rings. The number of anilines is 1. The molecule has 2 N–H and O–H groups in total. The standard InChI is InChI=1S/C28H28ClN3O2/c1-19-9-11-20(12-10-19)26(28(34)27(33)24-18-30-25-8-3-2-7-23(24)25)32-15-13-31(14-16-32)22-6-4-5-21(29)17-22/h2-12,17-18,26,28,30,34H,13-16H2,1H3/t26-,28+/m1/s1. The third-order valence-electron chi connectivity index (χ3n) is 6.72. The maximum absolute atomic E-state index is 13.5. The second kappa shape index (κ2) is 9.63. The summed E-state index contributed by atoms with van der Waals surface area (Å²) in [6.07, 6.45) is 0.527. The number of ketones is 1. The van der Waals surface area contributed by atoms with Crippen LogP contribution in [-0.4, -0.2) is 53.1 Å². The number of para-hydroxylation sites is 1. The van der Waals surface area contributed by atoms with Gasteiger partial charge in [0, 0.05) is 59.6 Å². The van der Waals surface area contributed by atoms with Crippen molar-refractivity contribution in [1.29, 1.82) is 0 Å². The van der Waals surface area contributed by atoms with E-state index in [1.54, 1.807) is 6.20 Å². The fourth-order valence-corrected chi connectivity index (χ4v) is 5.05. The molecule has 0 amide bonds. The van der Waals surface area contributed by atoms with Gasteiger partial charge in [-0.25, -0.2) is 0 Å². The van der Waals surface area contributed by atoms with E-state index in [2.05, 4.69) is 20.9 Å². The Kier molecular flexibility index (Phi) is 6.42. The number of H-pyrrole nitrogens is 1. The van der Waals surface area contributed by atoms with E-state index in [4.69, 9.17) is 11.6 Å². The number of carbonyl (C=O) groups excluding carboxylic acids is 1. The number of carbonyl (C=O) groups is 1. The molecule has 3 aromatic carbocycles. The Balaban J connectivity index is 1.42. The number of nitrogens with one attached hydrogen (secondary N) is 1. The summed E-state index contributed by atoms with van der Waals surface area (Å²) in [4.78, 5) is 21.2. The van der Waals surface area contributed by atoms with Gasteiger partial charge >= 0.3 is 0 Å². The number of halogens is 1. The van der Waals surface area contributed by atoms with Crippen LogP contribution in [0, 0.1) is 6.92 Å². The molecule has 1 aliphatic rings. The summed E-state index contributed by atoms with van der Waals surface area (Å²) in [5, 5.41) is 13.0. The quantitative estimate of drug-likeness (QED) is 0.376. The first kappa shape index (κ1) is 22.7. The molecule has 1 saturated heterocycles. The maximum Gasteiger partial charge on any atom is 0.195 e. The van der Waals surface area contributed by atoms with E-state index in [0.29, 0.717) is 5.56 Å². The van der Waals surface area contributed by atoms with Crippen LogP contribution in [0.4, 0.5) is 5.69 Å². The van der Waals surface area contributed by atoms with Gasteiger partial charge in [0.2, 0.25) is 0 Å². The number of aromatic amines is 1. The molecule has 1 aliphatic heterocycles. The zero-order chi connectivity index (χ0) is 23.7. The Morgan fingerprint density at radius 2 is 1.71 bits per heavy atom. The molecule has 1 aromatic heterocycles. The third-order valence-corrected chi connectivity index (χ3v) is 6.96. The van der Waals surface area contributed by atoms with Gasteiger partial charge in [-0.1, -0.05) is 65.7 Å². The number of Topliss-reactive ketones (excluding diaryl/α,β-unsaturated/α-hetero) is 1. The SMILES string of the molecule is Cc1ccc([C@H]([C@H](O)C(=O)c2c[nH]c3ccccc23)N2CCN(c3cccc(Cl)c3)CC2)cc1. The lowest BCUT2D eigenvalue weighted by atomic mass is 9.92. The normalized spacial score (nSPS) is 16.5. The number of rotatable bonds is 6. The highest BCUT2D eigenvalue weighted by Crippen LogP contribution is 2.31. The molecule has 6 heteroatoms. The second-order valence-corrected chi connectivity index (χ2v) is 9.35. The van der Waals surface area contributed by atoms with Crippen molar-refractivity contribution < 1.29 is 9.90 Å². The molecular formula is C28H28ClN3O2. The summed E-state index contributed by atoms with van der Waals surface area (Å²) in [6, 6.07) is 23.3. The molecule has 174 valence electrons. The molecule has 1 fully saturated rings. The van der Waals surface area contributed by atoms with E-state index in [0.717, 1.165) is 58.9 Å². The van der Waals surface area contributed by atoms with E-state index in [9.17, 15) is 9.90 Å². The average molecular weight is 474 g/mol. The lowest BCUT2D eigenvalue weighted by molar-refractivity contribution is 0.0366. The van der Waals surface area contributed by atoms with Crippen molar-refractivity contribution in [2.45, 2.75) is 19.1 Å². The molecule has 0 spiro atoms. The third kappa shape index (κ3) is 4.47. The minimum Gasteiger partial charge on any atom is -0.383 e. The van der Waals surface area contributed by atoms with Crippen LogP contribution in [0.5, 0.6) is 0 Å². The van der Waals surface area contributed by atoms with Crippen LogP contribution in [0.1, 0.15) is 27.5 Å². The van der Waals surface area contributed by atoms with Gasteiger partial charge in [0.25, 0.3) is 0 Å². The zero-order valence-electron chi connectivity index (χ0n) is 19.1. The van der Waals surface area contributed by atoms with Crippen molar-refractivity contribution in [2.75, 3.05) is 31.1 Å². The van der Waals surface area contributed by atoms with Gasteiger partial charge in [-0.15, -0.1) is 0 Å². The van der Waals surface area contributed by atoms with Crippen LogP contribution in [-0.2, 0) is 0 Å². The molecule has 34 heavy (non-hydrogen) atoms. The predicted octanol–water partition coefficient (Wildman–Crippen LogP) is 5.24. The number of piperazine rings is 1. The largest absolute Gasteiger partial charge is 0.383 e. The fourth-order valence-electron chi connectivity index (χ4n) is 4.87. The molecule has 5 rings (SSSR count). The number of aryl methyl sites for hydroxylation is 1. The molecule has 0 aliphatic carbocycles. The van der Waals surface area contributed by atoms with Crippen molar-refractivity contribution in [3.63, 3.8) is 0 Å². The highest BCUT2D eigenvalue weighted by molar-refractivity contribution is 6.30. The topological polar surface area (TPSA) is 59.6 Å². The summed E-state index contributed by atoms with van der Waals surface area (Å²) < 4.78 is 0. The number of aliphatic hydroxyl groups excluding tert-OH is 1. The van der Waals surface area contributed by atoms with Gasteiger partial charge in [0.1, 0.15) is 6.10 Å². The van der Waals surface area contributed by atoms with Gasteiger partial charge in [0.05, 0.1) is 6.04 Å². The van der Waals surface area contributed by atoms with Gasteiger partial charge < -0.3 is 15.0 Å². The molecule has 2 heterocycles. The molecule has 0 unspecified atom stereocenters. The van der Waals surface area contributed by atoms with Crippen LogP contribution in [0.15, 0.2) is 79.0 Å². The van der Waals surface area contributed by atoms with E-state index < -0.39 is 12.1 Å². The molecular weight excluding hydrogens is 446 g/mol. The van der Waals surface area contributed by atoms with E-state index in [1.807, 2.05) is 73.7 Å². The molecule has 0 radical (unpaired) electrons. The van der Waals surface area contributed by atoms with Crippen LogP contribution in [0.3, 0.4) is 0 Å². The van der Waals surface area contributed by atoms with Crippen LogP contribution >= 0.6 is 11.6 Å². The Morgan fingerprint density at radius 3 is 2.44 bits per heavy atom. The molecule has 2 atom stereocenters. The summed E-state index contributed by atoms with van der Waals surface area (Å²) in [5.74, 6) is -0.264. The first-order chi connectivity index (χ1) is 16.5. The Morgan fingerprint density at radius 1 is 0.971 bits per heavy atom. The highest BCUT2D eigenvalue weighted by Gasteiger charge is 2.35. The number of aliphatic hydroxyl groups is 1. The summed E-state index contributed by atoms with van der Waals surface area (Å²) in [5.41, 5.74) is 4.60. The first-order valence-electron chi connectivity index (χ1n) is 11.6. The smallest absolute Gasteiger partial charge is 0.195 e. The van der Waals surface area contributed by atoms with Gasteiger partial charge in [0.15, 0.2) is 5.78 Å². The van der Waals surface area contributed by atoms with E-state index in [-0.39, 0.29) is 5.78 Å². The number of hydrogen-bond donors (Lipinski definition) is 2. The molecule has 5 nitrogen and oxygen atoms in total. The first-order valence-corrected chi connectivity index (χ1v) is 12.0. The van der Waals surface area contributed by atoms with Crippen LogP contribution in [0.2, 0.25) is 5.02 Å². The van der Waals surface area contributed by atoms with Crippen LogP contribution in [0.25, 0.3) is 10.9 Å². The van der Waals surface area contributed by atoms with Gasteiger partial charge in [-0.3, -0.25) is 9.69 Å².